The van der Waals surface area contributed by atoms with E-state index in [4.69, 9.17) is 9.47 Å². The molecule has 0 unspecified atom stereocenters. The zero-order chi connectivity index (χ0) is 29.0. The van der Waals surface area contributed by atoms with Gasteiger partial charge in [-0.25, -0.2) is 13.2 Å². The van der Waals surface area contributed by atoms with E-state index >= 15 is 0 Å². The molecule has 0 fully saturated rings. The van der Waals surface area contributed by atoms with Crippen molar-refractivity contribution in [3.63, 3.8) is 0 Å². The molecule has 214 valence electrons. The Bertz CT molecular complexity index is 1430. The fourth-order valence-electron chi connectivity index (χ4n) is 4.62. The first-order valence-electron chi connectivity index (χ1n) is 13.2. The monoisotopic (exact) mass is 567 g/mol. The quantitative estimate of drug-likeness (QED) is 0.432. The summed E-state index contributed by atoms with van der Waals surface area (Å²) in [7, 11) is -0.717. The molecule has 3 atom stereocenters. The molecule has 0 aliphatic carbocycles. The second-order valence-electron chi connectivity index (χ2n) is 10.3. The summed E-state index contributed by atoms with van der Waals surface area (Å²) in [5, 5.41) is 12.7. The number of nitrogens with zero attached hydrogens (tertiary/aromatic N) is 2. The van der Waals surface area contributed by atoms with Crippen LogP contribution in [-0.2, 0) is 10.0 Å². The molecule has 3 aromatic rings. The second-order valence-corrected chi connectivity index (χ2v) is 12.2. The Morgan fingerprint density at radius 2 is 1.77 bits per heavy atom. The number of aliphatic hydroxyl groups excluding tert-OH is 1. The van der Waals surface area contributed by atoms with Gasteiger partial charge in [-0.05, 0) is 61.4 Å². The minimum absolute atomic E-state index is 0.0332. The molecule has 0 aromatic heterocycles. The average Bonchev–Trinajstić information content (AvgIpc) is 2.95. The van der Waals surface area contributed by atoms with E-state index < -0.39 is 22.2 Å². The van der Waals surface area contributed by atoms with Crippen LogP contribution in [0.4, 0.5) is 10.5 Å². The highest BCUT2D eigenvalue weighted by Crippen LogP contribution is 2.36. The number of fused-ring (bicyclic) bond motifs is 1. The van der Waals surface area contributed by atoms with Crippen LogP contribution in [0.15, 0.2) is 71.6 Å². The van der Waals surface area contributed by atoms with E-state index in [2.05, 4.69) is 5.32 Å². The van der Waals surface area contributed by atoms with E-state index in [-0.39, 0.29) is 42.3 Å². The largest absolute Gasteiger partial charge is 0.497 e. The van der Waals surface area contributed by atoms with Crippen LogP contribution >= 0.6 is 0 Å². The zero-order valence-corrected chi connectivity index (χ0v) is 24.3. The first-order valence-corrected chi connectivity index (χ1v) is 14.6. The third kappa shape index (κ3) is 6.41. The van der Waals surface area contributed by atoms with Gasteiger partial charge < -0.3 is 24.8 Å². The minimum atomic E-state index is -3.96. The molecule has 0 spiro atoms. The van der Waals surface area contributed by atoms with Crippen molar-refractivity contribution in [1.29, 1.82) is 0 Å². The smallest absolute Gasteiger partial charge is 0.321 e. The first kappa shape index (κ1) is 29.4. The van der Waals surface area contributed by atoms with Crippen molar-refractivity contribution in [1.82, 2.24) is 9.21 Å². The number of ether oxygens (including phenoxy) is 2. The molecular formula is C30H37N3O6S. The summed E-state index contributed by atoms with van der Waals surface area (Å²) in [6.07, 6.45) is -0.525. The average molecular weight is 568 g/mol. The van der Waals surface area contributed by atoms with Gasteiger partial charge in [-0.1, -0.05) is 42.8 Å². The molecule has 1 aliphatic heterocycles. The van der Waals surface area contributed by atoms with Gasteiger partial charge >= 0.3 is 6.03 Å². The van der Waals surface area contributed by atoms with Crippen LogP contribution in [0.1, 0.15) is 19.4 Å². The molecule has 10 heteroatoms. The van der Waals surface area contributed by atoms with Crippen molar-refractivity contribution in [2.24, 2.45) is 5.92 Å². The summed E-state index contributed by atoms with van der Waals surface area (Å²) in [6.45, 7) is 5.58. The lowest BCUT2D eigenvalue weighted by Gasteiger charge is -2.37. The van der Waals surface area contributed by atoms with Crippen LogP contribution in [0.2, 0.25) is 0 Å². The summed E-state index contributed by atoms with van der Waals surface area (Å²) in [4.78, 5) is 14.6. The van der Waals surface area contributed by atoms with Gasteiger partial charge in [0, 0.05) is 31.2 Å². The number of hydrogen-bond donors (Lipinski definition) is 2. The Morgan fingerprint density at radius 3 is 2.40 bits per heavy atom. The van der Waals surface area contributed by atoms with E-state index in [1.54, 1.807) is 63.5 Å². The molecule has 40 heavy (non-hydrogen) atoms. The number of methoxy groups -OCH3 is 1. The highest BCUT2D eigenvalue weighted by Gasteiger charge is 2.38. The molecule has 2 amide bonds. The van der Waals surface area contributed by atoms with Crippen molar-refractivity contribution in [2.75, 3.05) is 39.2 Å². The minimum Gasteiger partial charge on any atom is -0.497 e. The molecule has 1 heterocycles. The Morgan fingerprint density at radius 1 is 1.12 bits per heavy atom. The number of amides is 2. The predicted octanol–water partition coefficient (Wildman–Crippen LogP) is 4.60. The van der Waals surface area contributed by atoms with Crippen LogP contribution in [0.25, 0.3) is 11.1 Å². The Hall–Kier alpha value is -3.60. The number of hydrogen-bond acceptors (Lipinski definition) is 6. The number of carbonyl (C=O) groups is 1. The lowest BCUT2D eigenvalue weighted by molar-refractivity contribution is 0.0830. The number of benzene rings is 3. The molecule has 9 nitrogen and oxygen atoms in total. The van der Waals surface area contributed by atoms with Crippen LogP contribution < -0.4 is 14.8 Å². The third-order valence-corrected chi connectivity index (χ3v) is 9.21. The fraction of sp³-hybridized carbons (Fsp3) is 0.367. The number of rotatable bonds is 7. The van der Waals surface area contributed by atoms with Crippen molar-refractivity contribution in [3.8, 4) is 22.6 Å². The molecule has 3 aromatic carbocycles. The SMILES string of the molecule is COc1ccc(NC(=O)N(C)C[C@@H]2Oc3cc(-c4ccc(C)cc4)ccc3S(=O)(=O)N([C@H](C)CO)C[C@@H]2C)cc1. The van der Waals surface area contributed by atoms with E-state index in [0.717, 1.165) is 16.7 Å². The van der Waals surface area contributed by atoms with E-state index in [0.29, 0.717) is 11.4 Å². The lowest BCUT2D eigenvalue weighted by Crippen LogP contribution is -2.50. The summed E-state index contributed by atoms with van der Waals surface area (Å²) < 4.78 is 40.4. The number of urea groups is 1. The Labute approximate surface area is 236 Å². The molecule has 4 rings (SSSR count). The number of likely N-dealkylation sites (N-methyl/N-ethyl adjacent to an activating group) is 1. The lowest BCUT2D eigenvalue weighted by atomic mass is 10.0. The van der Waals surface area contributed by atoms with Crippen LogP contribution in [-0.4, -0.2) is 74.8 Å². The van der Waals surface area contributed by atoms with E-state index in [1.165, 1.54) is 9.21 Å². The Balaban J connectivity index is 1.66. The van der Waals surface area contributed by atoms with Gasteiger partial charge in [-0.15, -0.1) is 0 Å². The number of anilines is 1. The van der Waals surface area contributed by atoms with E-state index in [1.807, 2.05) is 38.1 Å². The molecule has 0 saturated heterocycles. The highest BCUT2D eigenvalue weighted by atomic mass is 32.2. The van der Waals surface area contributed by atoms with E-state index in [9.17, 15) is 18.3 Å². The molecular weight excluding hydrogens is 530 g/mol. The number of carbonyl (C=O) groups excluding carboxylic acids is 1. The predicted molar refractivity (Wildman–Crippen MR) is 155 cm³/mol. The van der Waals surface area contributed by atoms with Crippen LogP contribution in [0.5, 0.6) is 11.5 Å². The van der Waals surface area contributed by atoms with Gasteiger partial charge in [0.1, 0.15) is 22.5 Å². The van der Waals surface area contributed by atoms with Gasteiger partial charge in [-0.2, -0.15) is 4.31 Å². The summed E-state index contributed by atoms with van der Waals surface area (Å²) >= 11 is 0. The number of nitrogens with one attached hydrogen (secondary N) is 1. The fourth-order valence-corrected chi connectivity index (χ4v) is 6.44. The second kappa shape index (κ2) is 12.3. The third-order valence-electron chi connectivity index (χ3n) is 7.19. The molecule has 2 N–H and O–H groups in total. The molecule has 0 saturated carbocycles. The summed E-state index contributed by atoms with van der Waals surface area (Å²) in [5.74, 6) is 0.605. The normalized spacial score (nSPS) is 19.4. The molecule has 0 radical (unpaired) electrons. The summed E-state index contributed by atoms with van der Waals surface area (Å²) in [5.41, 5.74) is 3.48. The maximum atomic E-state index is 13.8. The van der Waals surface area contributed by atoms with Gasteiger partial charge in [0.25, 0.3) is 0 Å². The van der Waals surface area contributed by atoms with Gasteiger partial charge in [0.2, 0.25) is 10.0 Å². The number of aryl methyl sites for hydroxylation is 1. The van der Waals surface area contributed by atoms with Crippen LogP contribution in [0, 0.1) is 12.8 Å². The number of sulfonamides is 1. The van der Waals surface area contributed by atoms with Crippen molar-refractivity contribution < 1.29 is 27.8 Å². The van der Waals surface area contributed by atoms with Crippen LogP contribution in [0.3, 0.4) is 0 Å². The molecule has 0 bridgehead atoms. The van der Waals surface area contributed by atoms with Gasteiger partial charge in [-0.3, -0.25) is 0 Å². The van der Waals surface area contributed by atoms with Crippen molar-refractivity contribution in [2.45, 2.75) is 37.8 Å². The van der Waals surface area contributed by atoms with Gasteiger partial charge in [0.15, 0.2) is 0 Å². The first-order chi connectivity index (χ1) is 19.0. The maximum Gasteiger partial charge on any atom is 0.321 e. The topological polar surface area (TPSA) is 108 Å². The summed E-state index contributed by atoms with van der Waals surface area (Å²) in [6, 6.07) is 19.1. The standard InChI is InChI=1S/C30H37N3O6S/c1-20-6-8-23(9-7-20)24-10-15-29-27(16-24)39-28(21(2)17-33(22(3)19-34)40(29,36)37)18-32(4)30(35)31-25-11-13-26(38-5)14-12-25/h6-16,21-22,28,34H,17-19H2,1-5H3,(H,31,35)/t21-,22+,28-/m0/s1. The highest BCUT2D eigenvalue weighted by molar-refractivity contribution is 7.89. The zero-order valence-electron chi connectivity index (χ0n) is 23.5. The molecule has 1 aliphatic rings. The Kier molecular flexibility index (Phi) is 9.02. The van der Waals surface area contributed by atoms with Crippen molar-refractivity contribution >= 4 is 21.7 Å². The number of aliphatic hydroxyl groups is 1. The van der Waals surface area contributed by atoms with Gasteiger partial charge in [0.05, 0.1) is 20.3 Å². The maximum absolute atomic E-state index is 13.8. The van der Waals surface area contributed by atoms with Crippen molar-refractivity contribution in [3.05, 3.63) is 72.3 Å².